The Labute approximate surface area is 238 Å². The zero-order chi connectivity index (χ0) is 29.7. The molecule has 1 aliphatic heterocycles. The van der Waals surface area contributed by atoms with Crippen molar-refractivity contribution < 1.29 is 29.4 Å². The average Bonchev–Trinajstić information content (AvgIpc) is 3.47. The van der Waals surface area contributed by atoms with Crippen molar-refractivity contribution in [3.05, 3.63) is 59.4 Å². The second-order valence-electron chi connectivity index (χ2n) is 9.29. The van der Waals surface area contributed by atoms with E-state index in [1.165, 1.54) is 28.9 Å². The van der Waals surface area contributed by atoms with Gasteiger partial charge in [0.1, 0.15) is 12.4 Å². The van der Waals surface area contributed by atoms with Gasteiger partial charge in [-0.25, -0.2) is 4.79 Å². The van der Waals surface area contributed by atoms with Gasteiger partial charge < -0.3 is 36.4 Å². The number of rotatable bonds is 10. The number of anilines is 2. The molecule has 1 aliphatic rings. The topological polar surface area (TPSA) is 209 Å². The van der Waals surface area contributed by atoms with Crippen molar-refractivity contribution in [1.29, 1.82) is 0 Å². The molecule has 2 heterocycles. The lowest BCUT2D eigenvalue weighted by Crippen LogP contribution is -2.60. The highest BCUT2D eigenvalue weighted by atomic mass is 35.5. The highest BCUT2D eigenvalue weighted by Crippen LogP contribution is 2.29. The number of aromatic nitrogens is 4. The SMILES string of the molecule is C[C@@H](O)[C@@H](CO)NC(=O)Nc1ccc(C[C@@H](C(N)=O)N2CCN(c3cc(Cl)ccc3-n3cnnn3)C(=O)C2=O)cc1. The van der Waals surface area contributed by atoms with Gasteiger partial charge in [0, 0.05) is 30.2 Å². The third kappa shape index (κ3) is 6.77. The molecule has 0 unspecified atom stereocenters. The van der Waals surface area contributed by atoms with Crippen molar-refractivity contribution in [1.82, 2.24) is 30.4 Å². The fourth-order valence-corrected chi connectivity index (χ4v) is 4.49. The predicted molar refractivity (Wildman–Crippen MR) is 146 cm³/mol. The van der Waals surface area contributed by atoms with Crippen LogP contribution in [0.25, 0.3) is 5.69 Å². The lowest BCUT2D eigenvalue weighted by Gasteiger charge is -2.37. The van der Waals surface area contributed by atoms with Gasteiger partial charge >= 0.3 is 17.8 Å². The van der Waals surface area contributed by atoms with E-state index in [1.54, 1.807) is 36.4 Å². The van der Waals surface area contributed by atoms with Gasteiger partial charge in [-0.3, -0.25) is 14.4 Å². The molecule has 3 atom stereocenters. The number of benzene rings is 2. The van der Waals surface area contributed by atoms with Crippen molar-refractivity contribution in [3.63, 3.8) is 0 Å². The summed E-state index contributed by atoms with van der Waals surface area (Å²) in [6, 6.07) is 8.59. The molecule has 0 spiro atoms. The summed E-state index contributed by atoms with van der Waals surface area (Å²) >= 11 is 6.17. The van der Waals surface area contributed by atoms with E-state index in [0.717, 1.165) is 4.90 Å². The Morgan fingerprint density at radius 3 is 2.44 bits per heavy atom. The van der Waals surface area contributed by atoms with E-state index < -0.39 is 48.5 Å². The number of nitrogens with zero attached hydrogens (tertiary/aromatic N) is 6. The number of nitrogens with two attached hydrogens (primary N) is 1. The average molecular weight is 586 g/mol. The predicted octanol–water partition coefficient (Wildman–Crippen LogP) is -0.549. The first-order valence-corrected chi connectivity index (χ1v) is 12.9. The molecule has 0 saturated carbocycles. The normalized spacial score (nSPS) is 15.8. The van der Waals surface area contributed by atoms with E-state index in [-0.39, 0.29) is 19.5 Å². The molecule has 4 rings (SSSR count). The number of amides is 5. The molecule has 1 aromatic heterocycles. The van der Waals surface area contributed by atoms with Crippen molar-refractivity contribution in [2.45, 2.75) is 31.5 Å². The van der Waals surface area contributed by atoms with Crippen LogP contribution in [-0.2, 0) is 20.8 Å². The lowest BCUT2D eigenvalue weighted by molar-refractivity contribution is -0.150. The van der Waals surface area contributed by atoms with Crippen molar-refractivity contribution in [2.24, 2.45) is 5.73 Å². The summed E-state index contributed by atoms with van der Waals surface area (Å²) in [5.74, 6) is -2.57. The molecule has 3 aromatic rings. The fraction of sp³-hybridized carbons (Fsp3) is 0.320. The highest BCUT2D eigenvalue weighted by molar-refractivity contribution is 6.41. The van der Waals surface area contributed by atoms with E-state index in [2.05, 4.69) is 26.2 Å². The minimum Gasteiger partial charge on any atom is -0.394 e. The minimum absolute atomic E-state index is 0.0227. The number of tetrazole rings is 1. The minimum atomic E-state index is -1.11. The second kappa shape index (κ2) is 12.7. The third-order valence-electron chi connectivity index (χ3n) is 6.52. The van der Waals surface area contributed by atoms with Gasteiger partial charge in [0.15, 0.2) is 0 Å². The van der Waals surface area contributed by atoms with E-state index in [0.29, 0.717) is 27.6 Å². The first kappa shape index (κ1) is 29.4. The number of carbonyl (C=O) groups is 4. The summed E-state index contributed by atoms with van der Waals surface area (Å²) < 4.78 is 1.34. The summed E-state index contributed by atoms with van der Waals surface area (Å²) in [5.41, 5.74) is 7.43. The number of primary amides is 1. The zero-order valence-corrected chi connectivity index (χ0v) is 22.6. The maximum atomic E-state index is 13.2. The maximum Gasteiger partial charge on any atom is 0.319 e. The van der Waals surface area contributed by atoms with Crippen LogP contribution in [0.5, 0.6) is 0 Å². The molecule has 41 heavy (non-hydrogen) atoms. The fourth-order valence-electron chi connectivity index (χ4n) is 4.32. The Kier molecular flexibility index (Phi) is 9.11. The monoisotopic (exact) mass is 585 g/mol. The summed E-state index contributed by atoms with van der Waals surface area (Å²) in [6.07, 6.45) is 0.420. The van der Waals surface area contributed by atoms with Gasteiger partial charge in [0.2, 0.25) is 5.91 Å². The molecule has 0 bridgehead atoms. The van der Waals surface area contributed by atoms with E-state index in [4.69, 9.17) is 17.3 Å². The van der Waals surface area contributed by atoms with Gasteiger partial charge in [-0.15, -0.1) is 5.10 Å². The molecule has 16 heteroatoms. The molecular weight excluding hydrogens is 558 g/mol. The van der Waals surface area contributed by atoms with Crippen molar-refractivity contribution in [2.75, 3.05) is 29.9 Å². The van der Waals surface area contributed by atoms with Crippen LogP contribution in [0.2, 0.25) is 5.02 Å². The first-order chi connectivity index (χ1) is 19.6. The lowest BCUT2D eigenvalue weighted by atomic mass is 10.0. The maximum absolute atomic E-state index is 13.2. The van der Waals surface area contributed by atoms with Gasteiger partial charge in [-0.1, -0.05) is 23.7 Å². The highest BCUT2D eigenvalue weighted by Gasteiger charge is 2.40. The summed E-state index contributed by atoms with van der Waals surface area (Å²) in [6.45, 7) is 1.08. The first-order valence-electron chi connectivity index (χ1n) is 12.5. The second-order valence-corrected chi connectivity index (χ2v) is 9.73. The molecule has 15 nitrogen and oxygen atoms in total. The number of urea groups is 1. The van der Waals surface area contributed by atoms with E-state index in [9.17, 15) is 29.4 Å². The van der Waals surface area contributed by atoms with Crippen LogP contribution in [0.15, 0.2) is 48.8 Å². The van der Waals surface area contributed by atoms with Crippen LogP contribution in [0.3, 0.4) is 0 Å². The van der Waals surface area contributed by atoms with E-state index >= 15 is 0 Å². The quantitative estimate of drug-likeness (QED) is 0.193. The number of piperazine rings is 1. The number of aliphatic hydroxyl groups excluding tert-OH is 2. The van der Waals surface area contributed by atoms with Crippen molar-refractivity contribution in [3.8, 4) is 5.69 Å². The van der Waals surface area contributed by atoms with E-state index in [1.807, 2.05) is 0 Å². The molecule has 1 saturated heterocycles. The van der Waals surface area contributed by atoms with Crippen LogP contribution < -0.4 is 21.3 Å². The number of carbonyl (C=O) groups excluding carboxylic acids is 4. The molecule has 0 radical (unpaired) electrons. The van der Waals surface area contributed by atoms with Crippen LogP contribution >= 0.6 is 11.6 Å². The van der Waals surface area contributed by atoms with Crippen LogP contribution in [0, 0.1) is 0 Å². The molecule has 1 fully saturated rings. The van der Waals surface area contributed by atoms with Gasteiger partial charge in [-0.05, 0) is 53.2 Å². The number of halogens is 1. The van der Waals surface area contributed by atoms with Gasteiger partial charge in [0.25, 0.3) is 0 Å². The largest absolute Gasteiger partial charge is 0.394 e. The van der Waals surface area contributed by atoms with Gasteiger partial charge in [-0.2, -0.15) is 4.68 Å². The Balaban J connectivity index is 1.45. The Morgan fingerprint density at radius 2 is 1.83 bits per heavy atom. The van der Waals surface area contributed by atoms with Crippen molar-refractivity contribution >= 4 is 46.7 Å². The zero-order valence-electron chi connectivity index (χ0n) is 21.8. The summed E-state index contributed by atoms with van der Waals surface area (Å²) in [5, 5.41) is 35.2. The molecule has 6 N–H and O–H groups in total. The third-order valence-corrected chi connectivity index (χ3v) is 6.75. The number of nitrogens with one attached hydrogen (secondary N) is 2. The molecule has 5 amide bonds. The summed E-state index contributed by atoms with van der Waals surface area (Å²) in [7, 11) is 0. The van der Waals surface area contributed by atoms with Crippen LogP contribution in [0.1, 0.15) is 12.5 Å². The Hall–Kier alpha value is -4.60. The number of hydrogen-bond acceptors (Lipinski definition) is 9. The number of aliphatic hydroxyl groups is 2. The molecule has 216 valence electrons. The molecule has 2 aromatic carbocycles. The Bertz CT molecular complexity index is 1420. The summed E-state index contributed by atoms with van der Waals surface area (Å²) in [4.78, 5) is 53.4. The molecule has 0 aliphatic carbocycles. The van der Waals surface area contributed by atoms with Crippen LogP contribution in [-0.4, -0.2) is 97.0 Å². The molecular formula is C25H28ClN9O6. The standard InChI is InChI=1S/C25H28ClN9O6/c1-14(37)18(12-36)30-25(41)29-17-5-2-15(3-6-17)10-21(22(27)38)34-9-8-33(23(39)24(34)40)20-11-16(26)4-7-19(20)35-13-28-31-32-35/h2-7,11,13-14,18,21,36-37H,8-10,12H2,1H3,(H2,27,38)(H2,29,30,41)/t14-,18-,21+/m1/s1. The Morgan fingerprint density at radius 1 is 1.10 bits per heavy atom. The van der Waals surface area contributed by atoms with Crippen LogP contribution in [0.4, 0.5) is 16.2 Å². The van der Waals surface area contributed by atoms with Gasteiger partial charge in [0.05, 0.1) is 30.1 Å². The smallest absolute Gasteiger partial charge is 0.319 e. The number of hydrogen-bond donors (Lipinski definition) is 5.